The highest BCUT2D eigenvalue weighted by atomic mass is 79.9. The van der Waals surface area contributed by atoms with Crippen molar-refractivity contribution in [2.45, 2.75) is 24.1 Å². The molecule has 2 aliphatic rings. The van der Waals surface area contributed by atoms with Gasteiger partial charge < -0.3 is 19.7 Å². The summed E-state index contributed by atoms with van der Waals surface area (Å²) in [6, 6.07) is 7.47. The molecule has 2 fully saturated rings. The maximum absolute atomic E-state index is 12.6. The number of ether oxygens (including phenoxy) is 2. The van der Waals surface area contributed by atoms with Gasteiger partial charge in [-0.15, -0.1) is 8.78 Å². The number of nitrogens with zero attached hydrogens (tertiary/aromatic N) is 2. The fraction of sp³-hybridized carbons (Fsp3) is 0.333. The molecule has 0 saturated carbocycles. The molecule has 4 rings (SSSR count). The zero-order chi connectivity index (χ0) is 19.9. The van der Waals surface area contributed by atoms with Crippen LogP contribution in [0.15, 0.2) is 41.0 Å². The third-order valence-electron chi connectivity index (χ3n) is 4.60. The molecule has 0 spiro atoms. The first kappa shape index (κ1) is 19.4. The number of halogens is 4. The summed E-state index contributed by atoms with van der Waals surface area (Å²) in [5.74, 6) is 0.300. The van der Waals surface area contributed by atoms with E-state index in [4.69, 9.17) is 16.3 Å². The molecule has 2 saturated heterocycles. The number of pyridine rings is 1. The Morgan fingerprint density at radius 2 is 2.14 bits per heavy atom. The number of anilines is 2. The zero-order valence-electron chi connectivity index (χ0n) is 14.4. The van der Waals surface area contributed by atoms with Crippen molar-refractivity contribution >= 4 is 44.9 Å². The number of hydrogen-bond donors (Lipinski definition) is 1. The van der Waals surface area contributed by atoms with Crippen molar-refractivity contribution in [3.05, 3.63) is 46.6 Å². The van der Waals surface area contributed by atoms with E-state index in [1.54, 1.807) is 6.07 Å². The maximum Gasteiger partial charge on any atom is 0.487 e. The summed E-state index contributed by atoms with van der Waals surface area (Å²) in [5, 5.41) is 2.68. The number of rotatable bonds is 5. The first-order chi connectivity index (χ1) is 13.3. The third-order valence-corrected chi connectivity index (χ3v) is 5.26. The number of alkyl halides is 3. The molecule has 28 heavy (non-hydrogen) atoms. The van der Waals surface area contributed by atoms with Crippen LogP contribution in [0, 0.1) is 0 Å². The summed E-state index contributed by atoms with van der Waals surface area (Å²) in [4.78, 5) is 19.1. The molecule has 1 aromatic carbocycles. The van der Waals surface area contributed by atoms with E-state index < -0.39 is 5.57 Å². The topological polar surface area (TPSA) is 63.7 Å². The van der Waals surface area contributed by atoms with Gasteiger partial charge in [0.15, 0.2) is 0 Å². The van der Waals surface area contributed by atoms with Crippen molar-refractivity contribution in [1.82, 2.24) is 4.98 Å². The van der Waals surface area contributed by atoms with Crippen molar-refractivity contribution in [2.75, 3.05) is 23.4 Å². The molecule has 1 aromatic heterocycles. The van der Waals surface area contributed by atoms with Crippen LogP contribution in [0.4, 0.5) is 20.3 Å². The Kier molecular flexibility index (Phi) is 5.15. The van der Waals surface area contributed by atoms with E-state index in [2.05, 4.69) is 35.9 Å². The van der Waals surface area contributed by atoms with Gasteiger partial charge in [0, 0.05) is 30.0 Å². The highest BCUT2D eigenvalue weighted by Crippen LogP contribution is 2.35. The van der Waals surface area contributed by atoms with Gasteiger partial charge in [-0.2, -0.15) is 0 Å². The molecule has 6 nitrogen and oxygen atoms in total. The molecular weight excluding hydrogens is 460 g/mol. The predicted octanol–water partition coefficient (Wildman–Crippen LogP) is 4.24. The van der Waals surface area contributed by atoms with Crippen molar-refractivity contribution < 1.29 is 23.0 Å². The maximum atomic E-state index is 12.6. The average molecular weight is 475 g/mol. The second-order valence-corrected chi connectivity index (χ2v) is 7.85. The van der Waals surface area contributed by atoms with Crippen LogP contribution in [-0.2, 0) is 4.74 Å². The number of nitrogens with one attached hydrogen (secondary N) is 1. The van der Waals surface area contributed by atoms with Crippen molar-refractivity contribution in [3.8, 4) is 5.75 Å². The molecule has 0 unspecified atom stereocenters. The normalized spacial score (nSPS) is 21.1. The largest absolute Gasteiger partial charge is 0.487 e. The number of amides is 1. The summed E-state index contributed by atoms with van der Waals surface area (Å²) >= 11 is 8.21. The van der Waals surface area contributed by atoms with Gasteiger partial charge in [-0.25, -0.2) is 4.98 Å². The highest BCUT2D eigenvalue weighted by molar-refractivity contribution is 9.10. The second kappa shape index (κ2) is 7.46. The molecule has 0 aliphatic carbocycles. The fourth-order valence-electron chi connectivity index (χ4n) is 3.37. The Morgan fingerprint density at radius 3 is 2.71 bits per heavy atom. The number of morpholine rings is 1. The van der Waals surface area contributed by atoms with Crippen LogP contribution in [-0.4, -0.2) is 41.8 Å². The second-order valence-electron chi connectivity index (χ2n) is 6.55. The summed E-state index contributed by atoms with van der Waals surface area (Å²) in [5.41, 5.74) is -3.00. The van der Waals surface area contributed by atoms with Crippen LogP contribution >= 0.6 is 27.5 Å². The minimum atomic E-state index is -3.79. The summed E-state index contributed by atoms with van der Waals surface area (Å²) in [6.45, 7) is 1.48. The molecule has 10 heteroatoms. The lowest BCUT2D eigenvalue weighted by Gasteiger charge is -2.28. The van der Waals surface area contributed by atoms with Gasteiger partial charge in [0.25, 0.3) is 5.91 Å². The first-order valence-electron chi connectivity index (χ1n) is 8.49. The van der Waals surface area contributed by atoms with E-state index in [0.29, 0.717) is 23.9 Å². The Bertz CT molecular complexity index is 895. The number of fused-ring (bicyclic) bond motifs is 2. The van der Waals surface area contributed by atoms with E-state index in [1.165, 1.54) is 30.5 Å². The van der Waals surface area contributed by atoms with Crippen molar-refractivity contribution in [2.24, 2.45) is 0 Å². The number of aromatic nitrogens is 1. The molecule has 2 aromatic rings. The quantitative estimate of drug-likeness (QED) is 0.657. The smallest absolute Gasteiger partial charge is 0.420 e. The van der Waals surface area contributed by atoms with Gasteiger partial charge in [0.05, 0.1) is 28.8 Å². The fourth-order valence-corrected chi connectivity index (χ4v) is 4.03. The third kappa shape index (κ3) is 4.21. The minimum Gasteiger partial charge on any atom is -0.420 e. The monoisotopic (exact) mass is 473 g/mol. The SMILES string of the molecule is O=C(Nc1ccc(OC(F)(F)Cl)cc1)c1cnc(N2C[C@@H]3C[C@H]2CO3)c(Br)c1. The Balaban J connectivity index is 1.43. The molecule has 1 N–H and O–H groups in total. The lowest BCUT2D eigenvalue weighted by Crippen LogP contribution is -2.37. The molecule has 0 radical (unpaired) electrons. The van der Waals surface area contributed by atoms with Crippen molar-refractivity contribution in [3.63, 3.8) is 0 Å². The van der Waals surface area contributed by atoms with E-state index in [9.17, 15) is 13.6 Å². The van der Waals surface area contributed by atoms with Gasteiger partial charge in [0.1, 0.15) is 11.6 Å². The van der Waals surface area contributed by atoms with Gasteiger partial charge in [-0.05, 0) is 52.7 Å². The molecule has 2 bridgehead atoms. The lowest BCUT2D eigenvalue weighted by atomic mass is 10.2. The van der Waals surface area contributed by atoms with Gasteiger partial charge in [-0.1, -0.05) is 0 Å². The molecule has 1 amide bonds. The van der Waals surface area contributed by atoms with E-state index in [-0.39, 0.29) is 17.8 Å². The number of carbonyl (C=O) groups excluding carboxylic acids is 1. The molecule has 3 heterocycles. The van der Waals surface area contributed by atoms with Gasteiger partial charge in [-0.3, -0.25) is 4.79 Å². The summed E-state index contributed by atoms with van der Waals surface area (Å²) in [7, 11) is 0. The average Bonchev–Trinajstić information content (AvgIpc) is 3.25. The van der Waals surface area contributed by atoms with Crippen LogP contribution in [0.1, 0.15) is 16.8 Å². The van der Waals surface area contributed by atoms with E-state index in [1.807, 2.05) is 0 Å². The van der Waals surface area contributed by atoms with Crippen LogP contribution < -0.4 is 15.0 Å². The van der Waals surface area contributed by atoms with Gasteiger partial charge >= 0.3 is 5.57 Å². The first-order valence-corrected chi connectivity index (χ1v) is 9.66. The molecular formula is C18H15BrClF2N3O3. The molecule has 148 valence electrons. The van der Waals surface area contributed by atoms with Crippen LogP contribution in [0.25, 0.3) is 0 Å². The number of carbonyl (C=O) groups is 1. The van der Waals surface area contributed by atoms with Crippen LogP contribution in [0.3, 0.4) is 0 Å². The summed E-state index contributed by atoms with van der Waals surface area (Å²) < 4.78 is 35.8. The van der Waals surface area contributed by atoms with E-state index >= 15 is 0 Å². The van der Waals surface area contributed by atoms with E-state index in [0.717, 1.165) is 23.3 Å². The number of benzene rings is 1. The highest BCUT2D eigenvalue weighted by Gasteiger charge is 2.40. The van der Waals surface area contributed by atoms with Crippen LogP contribution in [0.2, 0.25) is 0 Å². The number of hydrogen-bond acceptors (Lipinski definition) is 5. The Labute approximate surface area is 172 Å². The van der Waals surface area contributed by atoms with Gasteiger partial charge in [0.2, 0.25) is 0 Å². The standard InChI is InChI=1S/C18H15BrClF2N3O3/c19-15-5-10(7-23-16(15)25-8-14-6-12(25)9-27-14)17(26)24-11-1-3-13(4-2-11)28-18(20,21)22/h1-5,7,12,14H,6,8-9H2,(H,24,26)/t12-,14-/m0/s1. The van der Waals surface area contributed by atoms with Crippen molar-refractivity contribution in [1.29, 1.82) is 0 Å². The predicted molar refractivity (Wildman–Crippen MR) is 103 cm³/mol. The minimum absolute atomic E-state index is 0.115. The van der Waals surface area contributed by atoms with Crippen LogP contribution in [0.5, 0.6) is 5.75 Å². The lowest BCUT2D eigenvalue weighted by molar-refractivity contribution is -0.0964. The molecule has 2 atom stereocenters. The summed E-state index contributed by atoms with van der Waals surface area (Å²) in [6.07, 6.45) is 2.74. The Hall–Kier alpha value is -1.97. The zero-order valence-corrected chi connectivity index (χ0v) is 16.7. The Morgan fingerprint density at radius 1 is 1.39 bits per heavy atom. The molecule has 2 aliphatic heterocycles.